The number of hydrogen-bond donors (Lipinski definition) is 2. The number of carbonyl (C=O) groups excluding carboxylic acids is 2. The third-order valence-electron chi connectivity index (χ3n) is 4.05. The SMILES string of the molecule is C=C(NC(CO)C(=O)OC)c1cccc(C#CCCCC(=O)N(C)CC)c1. The van der Waals surface area contributed by atoms with Crippen LogP contribution in [0.1, 0.15) is 37.3 Å². The molecule has 0 radical (unpaired) electrons. The van der Waals surface area contributed by atoms with Gasteiger partial charge >= 0.3 is 5.97 Å². The van der Waals surface area contributed by atoms with Gasteiger partial charge < -0.3 is 20.1 Å². The lowest BCUT2D eigenvalue weighted by atomic mass is 10.1. The summed E-state index contributed by atoms with van der Waals surface area (Å²) in [6, 6.07) is 6.55. The maximum Gasteiger partial charge on any atom is 0.330 e. The smallest absolute Gasteiger partial charge is 0.330 e. The third kappa shape index (κ3) is 7.55. The Labute approximate surface area is 161 Å². The van der Waals surface area contributed by atoms with E-state index in [1.807, 2.05) is 31.2 Å². The standard InChI is InChI=1S/C21H28N2O4/c1-5-23(3)20(25)13-8-6-7-10-17-11-9-12-18(14-17)16(2)22-19(15-24)21(26)27-4/h9,11-12,14,19,22,24H,2,5-6,8,13,15H2,1,3-4H3. The van der Waals surface area contributed by atoms with Gasteiger partial charge in [0.15, 0.2) is 0 Å². The molecule has 1 aromatic rings. The molecule has 1 rings (SSSR count). The van der Waals surface area contributed by atoms with Gasteiger partial charge in [-0.25, -0.2) is 4.79 Å². The lowest BCUT2D eigenvalue weighted by Gasteiger charge is -2.17. The summed E-state index contributed by atoms with van der Waals surface area (Å²) in [5, 5.41) is 12.1. The fraction of sp³-hybridized carbons (Fsp3) is 0.429. The molecule has 6 heteroatoms. The van der Waals surface area contributed by atoms with E-state index in [1.54, 1.807) is 11.9 Å². The van der Waals surface area contributed by atoms with Gasteiger partial charge in [0.05, 0.1) is 13.7 Å². The Morgan fingerprint density at radius 1 is 1.41 bits per heavy atom. The summed E-state index contributed by atoms with van der Waals surface area (Å²) >= 11 is 0. The summed E-state index contributed by atoms with van der Waals surface area (Å²) in [6.45, 7) is 6.17. The van der Waals surface area contributed by atoms with Crippen molar-refractivity contribution in [1.82, 2.24) is 10.2 Å². The minimum Gasteiger partial charge on any atom is -0.467 e. The first kappa shape index (κ1) is 22.3. The molecule has 1 amide bonds. The average molecular weight is 372 g/mol. The van der Waals surface area contributed by atoms with E-state index in [0.29, 0.717) is 25.1 Å². The van der Waals surface area contributed by atoms with E-state index in [0.717, 1.165) is 17.5 Å². The Morgan fingerprint density at radius 3 is 2.78 bits per heavy atom. The van der Waals surface area contributed by atoms with Crippen molar-refractivity contribution < 1.29 is 19.4 Å². The average Bonchev–Trinajstić information content (AvgIpc) is 2.70. The van der Waals surface area contributed by atoms with Crippen molar-refractivity contribution in [3.8, 4) is 11.8 Å². The Balaban J connectivity index is 2.63. The fourth-order valence-electron chi connectivity index (χ4n) is 2.26. The molecule has 0 aliphatic heterocycles. The molecule has 0 aliphatic rings. The highest BCUT2D eigenvalue weighted by Gasteiger charge is 2.18. The van der Waals surface area contributed by atoms with Crippen LogP contribution in [-0.2, 0) is 14.3 Å². The van der Waals surface area contributed by atoms with Gasteiger partial charge in [0.25, 0.3) is 0 Å². The van der Waals surface area contributed by atoms with Gasteiger partial charge in [0.2, 0.25) is 5.91 Å². The van der Waals surface area contributed by atoms with E-state index >= 15 is 0 Å². The molecule has 0 spiro atoms. The van der Waals surface area contributed by atoms with Crippen molar-refractivity contribution in [2.75, 3.05) is 27.3 Å². The van der Waals surface area contributed by atoms with E-state index < -0.39 is 18.6 Å². The van der Waals surface area contributed by atoms with E-state index in [1.165, 1.54) is 7.11 Å². The second-order valence-electron chi connectivity index (χ2n) is 6.03. The highest BCUT2D eigenvalue weighted by Crippen LogP contribution is 2.12. The number of hydrogen-bond acceptors (Lipinski definition) is 5. The summed E-state index contributed by atoms with van der Waals surface area (Å²) in [5.74, 6) is 5.72. The monoisotopic (exact) mass is 372 g/mol. The number of rotatable bonds is 9. The number of benzene rings is 1. The fourth-order valence-corrected chi connectivity index (χ4v) is 2.26. The van der Waals surface area contributed by atoms with Crippen LogP contribution in [0.25, 0.3) is 5.70 Å². The Hall–Kier alpha value is -2.78. The van der Waals surface area contributed by atoms with Gasteiger partial charge in [0, 0.05) is 37.7 Å². The topological polar surface area (TPSA) is 78.9 Å². The van der Waals surface area contributed by atoms with Crippen LogP contribution in [0.15, 0.2) is 30.8 Å². The highest BCUT2D eigenvalue weighted by atomic mass is 16.5. The van der Waals surface area contributed by atoms with Gasteiger partial charge in [0.1, 0.15) is 6.04 Å². The zero-order chi connectivity index (χ0) is 20.2. The number of nitrogens with zero attached hydrogens (tertiary/aromatic N) is 1. The van der Waals surface area contributed by atoms with Crippen molar-refractivity contribution in [3.63, 3.8) is 0 Å². The number of ether oxygens (including phenoxy) is 1. The molecule has 0 aliphatic carbocycles. The molecule has 1 unspecified atom stereocenters. The summed E-state index contributed by atoms with van der Waals surface area (Å²) < 4.78 is 4.63. The number of methoxy groups -OCH3 is 1. The number of esters is 1. The number of amides is 1. The van der Waals surface area contributed by atoms with E-state index in [-0.39, 0.29) is 5.91 Å². The molecule has 0 saturated carbocycles. The number of aliphatic hydroxyl groups excluding tert-OH is 1. The van der Waals surface area contributed by atoms with E-state index in [2.05, 4.69) is 28.5 Å². The van der Waals surface area contributed by atoms with Crippen molar-refractivity contribution in [2.45, 2.75) is 32.2 Å². The lowest BCUT2D eigenvalue weighted by Crippen LogP contribution is -2.39. The summed E-state index contributed by atoms with van der Waals surface area (Å²) in [7, 11) is 3.06. The minimum atomic E-state index is -0.865. The molecule has 1 aromatic carbocycles. The normalized spacial score (nSPS) is 11.0. The zero-order valence-electron chi connectivity index (χ0n) is 16.2. The maximum absolute atomic E-state index is 11.7. The van der Waals surface area contributed by atoms with Crippen LogP contribution in [0, 0.1) is 11.8 Å². The van der Waals surface area contributed by atoms with Crippen LogP contribution in [-0.4, -0.2) is 55.2 Å². The third-order valence-corrected chi connectivity index (χ3v) is 4.05. The molecule has 1 atom stereocenters. The maximum atomic E-state index is 11.7. The number of aliphatic hydroxyl groups is 1. The minimum absolute atomic E-state index is 0.132. The first-order valence-corrected chi connectivity index (χ1v) is 8.90. The number of unbranched alkanes of at least 4 members (excludes halogenated alkanes) is 1. The highest BCUT2D eigenvalue weighted by molar-refractivity contribution is 5.78. The molecular weight excluding hydrogens is 344 g/mol. The van der Waals surface area contributed by atoms with Gasteiger partial charge in [-0.1, -0.05) is 30.6 Å². The second kappa shape index (κ2) is 11.8. The van der Waals surface area contributed by atoms with Crippen LogP contribution in [0.4, 0.5) is 0 Å². The molecule has 6 nitrogen and oxygen atoms in total. The molecule has 27 heavy (non-hydrogen) atoms. The molecule has 0 heterocycles. The number of nitrogens with one attached hydrogen (secondary N) is 1. The quantitative estimate of drug-likeness (QED) is 0.392. The van der Waals surface area contributed by atoms with Crippen LogP contribution in [0.2, 0.25) is 0 Å². The molecule has 2 N–H and O–H groups in total. The lowest BCUT2D eigenvalue weighted by molar-refractivity contribution is -0.143. The Kier molecular flexibility index (Phi) is 9.70. The van der Waals surface area contributed by atoms with Crippen molar-refractivity contribution in [1.29, 1.82) is 0 Å². The first-order valence-electron chi connectivity index (χ1n) is 8.90. The van der Waals surface area contributed by atoms with E-state index in [9.17, 15) is 14.7 Å². The zero-order valence-corrected chi connectivity index (χ0v) is 16.2. The summed E-state index contributed by atoms with van der Waals surface area (Å²) in [5.41, 5.74) is 2.08. The van der Waals surface area contributed by atoms with Crippen LogP contribution in [0.3, 0.4) is 0 Å². The first-order chi connectivity index (χ1) is 12.9. The Morgan fingerprint density at radius 2 is 2.15 bits per heavy atom. The van der Waals surface area contributed by atoms with Gasteiger partial charge in [-0.2, -0.15) is 0 Å². The molecule has 0 aromatic heterocycles. The molecule has 0 bridgehead atoms. The molecule has 146 valence electrons. The summed E-state index contributed by atoms with van der Waals surface area (Å²) in [6.07, 6.45) is 1.86. The van der Waals surface area contributed by atoms with E-state index in [4.69, 9.17) is 0 Å². The molecule has 0 fully saturated rings. The predicted octanol–water partition coefficient (Wildman–Crippen LogP) is 1.78. The van der Waals surface area contributed by atoms with Crippen molar-refractivity contribution >= 4 is 17.6 Å². The van der Waals surface area contributed by atoms with Crippen molar-refractivity contribution in [2.24, 2.45) is 0 Å². The van der Waals surface area contributed by atoms with Gasteiger partial charge in [-0.05, 0) is 31.0 Å². The van der Waals surface area contributed by atoms with Crippen LogP contribution < -0.4 is 5.32 Å². The largest absolute Gasteiger partial charge is 0.467 e. The molecule has 0 saturated heterocycles. The Bertz CT molecular complexity index is 718. The van der Waals surface area contributed by atoms with Crippen LogP contribution in [0.5, 0.6) is 0 Å². The second-order valence-corrected chi connectivity index (χ2v) is 6.03. The summed E-state index contributed by atoms with van der Waals surface area (Å²) in [4.78, 5) is 25.0. The predicted molar refractivity (Wildman–Crippen MR) is 106 cm³/mol. The van der Waals surface area contributed by atoms with Gasteiger partial charge in [-0.15, -0.1) is 0 Å². The van der Waals surface area contributed by atoms with Crippen LogP contribution >= 0.6 is 0 Å². The van der Waals surface area contributed by atoms with Crippen molar-refractivity contribution in [3.05, 3.63) is 42.0 Å². The van der Waals surface area contributed by atoms with Gasteiger partial charge in [-0.3, -0.25) is 4.79 Å². The number of carbonyl (C=O) groups is 2. The molecular formula is C21H28N2O4.